The molecule has 0 bridgehead atoms. The Labute approximate surface area is 185 Å². The van der Waals surface area contributed by atoms with Gasteiger partial charge in [-0.2, -0.15) is 5.10 Å². The Morgan fingerprint density at radius 1 is 1.23 bits per heavy atom. The van der Waals surface area contributed by atoms with Crippen molar-refractivity contribution in [2.24, 2.45) is 7.05 Å². The minimum atomic E-state index is -0.422. The van der Waals surface area contributed by atoms with Crippen molar-refractivity contribution in [1.29, 1.82) is 0 Å². The number of amides is 1. The Morgan fingerprint density at radius 3 is 2.97 bits per heavy atom. The van der Waals surface area contributed by atoms with E-state index >= 15 is 0 Å². The van der Waals surface area contributed by atoms with Crippen molar-refractivity contribution in [1.82, 2.24) is 24.6 Å². The van der Waals surface area contributed by atoms with Crippen molar-refractivity contribution >= 4 is 43.7 Å². The highest BCUT2D eigenvalue weighted by Gasteiger charge is 2.38. The fraction of sp³-hybridized carbons (Fsp3) is 0.174. The molecule has 0 fully saturated rings. The van der Waals surface area contributed by atoms with Gasteiger partial charge in [-0.25, -0.2) is 4.98 Å². The first-order valence-electron chi connectivity index (χ1n) is 10.0. The predicted molar refractivity (Wildman–Crippen MR) is 120 cm³/mol. The smallest absolute Gasteiger partial charge is 0.276 e. The van der Waals surface area contributed by atoms with E-state index in [1.165, 1.54) is 0 Å². The van der Waals surface area contributed by atoms with E-state index in [1.807, 2.05) is 60.5 Å². The summed E-state index contributed by atoms with van der Waals surface area (Å²) in [6.07, 6.45) is 2.38. The molecule has 1 N–H and O–H groups in total. The lowest BCUT2D eigenvalue weighted by Crippen LogP contribution is -2.41. The first-order valence-corrected chi connectivity index (χ1v) is 10.8. The molecule has 0 radical (unpaired) electrons. The largest absolute Gasteiger partial charge is 0.458 e. The quantitative estimate of drug-likeness (QED) is 0.404. The SMILES string of the molecule is Cn1nc(C(=O)N2CCc3[nH]cnc3[C@H]2c2cc3ccccc3o2)c2c(Br)cccc21. The number of fused-ring (bicyclic) bond motifs is 3. The highest BCUT2D eigenvalue weighted by Crippen LogP contribution is 2.38. The zero-order chi connectivity index (χ0) is 21.1. The summed E-state index contributed by atoms with van der Waals surface area (Å²) < 4.78 is 8.77. The van der Waals surface area contributed by atoms with E-state index in [0.29, 0.717) is 24.4 Å². The number of rotatable bonds is 2. The molecule has 5 aromatic rings. The molecule has 8 heteroatoms. The van der Waals surface area contributed by atoms with Crippen LogP contribution in [0.5, 0.6) is 0 Å². The summed E-state index contributed by atoms with van der Waals surface area (Å²) in [7, 11) is 1.85. The number of aromatic amines is 1. The van der Waals surface area contributed by atoms with Crippen LogP contribution in [-0.2, 0) is 13.5 Å². The van der Waals surface area contributed by atoms with E-state index in [2.05, 4.69) is 31.0 Å². The number of halogens is 1. The Bertz CT molecular complexity index is 1430. The standard InChI is InChI=1S/C23H18BrN5O2/c1-28-16-7-4-6-14(24)19(16)21(27-28)23(30)29-10-9-15-20(26-12-25-15)22(29)18-11-13-5-2-3-8-17(13)31-18/h2-8,11-12,22H,9-10H2,1H3,(H,25,26)/t22-/m1/s1. The van der Waals surface area contributed by atoms with Crippen LogP contribution in [0.2, 0.25) is 0 Å². The van der Waals surface area contributed by atoms with Crippen LogP contribution in [0.15, 0.2) is 63.7 Å². The van der Waals surface area contributed by atoms with Crippen molar-refractivity contribution in [3.05, 3.63) is 82.2 Å². The van der Waals surface area contributed by atoms with E-state index in [4.69, 9.17) is 4.42 Å². The van der Waals surface area contributed by atoms with Crippen LogP contribution in [0.4, 0.5) is 0 Å². The summed E-state index contributed by atoms with van der Waals surface area (Å²) in [5.74, 6) is 0.554. The lowest BCUT2D eigenvalue weighted by Gasteiger charge is -2.33. The fourth-order valence-corrected chi connectivity index (χ4v) is 5.02. The monoisotopic (exact) mass is 475 g/mol. The van der Waals surface area contributed by atoms with E-state index < -0.39 is 6.04 Å². The van der Waals surface area contributed by atoms with Gasteiger partial charge in [-0.3, -0.25) is 9.48 Å². The van der Waals surface area contributed by atoms with Gasteiger partial charge in [0.15, 0.2) is 5.69 Å². The molecule has 7 nitrogen and oxygen atoms in total. The van der Waals surface area contributed by atoms with Gasteiger partial charge >= 0.3 is 0 Å². The summed E-state index contributed by atoms with van der Waals surface area (Å²) >= 11 is 3.60. The molecule has 1 aliphatic heterocycles. The molecule has 6 rings (SSSR count). The Balaban J connectivity index is 1.51. The normalized spacial score (nSPS) is 16.2. The third kappa shape index (κ3) is 2.75. The molecular formula is C23H18BrN5O2. The maximum Gasteiger partial charge on any atom is 0.276 e. The molecule has 0 aliphatic carbocycles. The number of furan rings is 1. The van der Waals surface area contributed by atoms with E-state index in [1.54, 1.807) is 11.0 Å². The zero-order valence-corrected chi connectivity index (χ0v) is 18.3. The third-order valence-corrected chi connectivity index (χ3v) is 6.59. The van der Waals surface area contributed by atoms with Gasteiger partial charge in [-0.05, 0) is 24.3 Å². The molecule has 154 valence electrons. The van der Waals surface area contributed by atoms with Crippen LogP contribution in [-0.4, -0.2) is 37.1 Å². The molecule has 0 saturated heterocycles. The summed E-state index contributed by atoms with van der Waals surface area (Å²) in [6.45, 7) is 0.540. The summed E-state index contributed by atoms with van der Waals surface area (Å²) in [6, 6.07) is 15.3. The number of H-pyrrole nitrogens is 1. The van der Waals surface area contributed by atoms with E-state index in [9.17, 15) is 4.79 Å². The summed E-state index contributed by atoms with van der Waals surface area (Å²) in [5.41, 5.74) is 3.96. The molecule has 31 heavy (non-hydrogen) atoms. The van der Waals surface area contributed by atoms with E-state index in [-0.39, 0.29) is 5.91 Å². The zero-order valence-electron chi connectivity index (χ0n) is 16.7. The van der Waals surface area contributed by atoms with Gasteiger partial charge in [0.05, 0.1) is 17.5 Å². The van der Waals surface area contributed by atoms with Gasteiger partial charge in [0.2, 0.25) is 0 Å². The van der Waals surface area contributed by atoms with Crippen molar-refractivity contribution in [3.63, 3.8) is 0 Å². The predicted octanol–water partition coefficient (Wildman–Crippen LogP) is 4.59. The van der Waals surface area contributed by atoms with Crippen molar-refractivity contribution in [2.45, 2.75) is 12.5 Å². The minimum Gasteiger partial charge on any atom is -0.458 e. The van der Waals surface area contributed by atoms with Crippen molar-refractivity contribution < 1.29 is 9.21 Å². The molecule has 2 aromatic carbocycles. The summed E-state index contributed by atoms with van der Waals surface area (Å²) in [5, 5.41) is 6.39. The van der Waals surface area contributed by atoms with Gasteiger partial charge in [0.1, 0.15) is 17.4 Å². The number of carbonyl (C=O) groups is 1. The minimum absolute atomic E-state index is 0.142. The highest BCUT2D eigenvalue weighted by atomic mass is 79.9. The van der Waals surface area contributed by atoms with Gasteiger partial charge in [-0.1, -0.05) is 40.2 Å². The van der Waals surface area contributed by atoms with Crippen LogP contribution < -0.4 is 0 Å². The number of aromatic nitrogens is 4. The van der Waals surface area contributed by atoms with Crippen LogP contribution >= 0.6 is 15.9 Å². The number of hydrogen-bond donors (Lipinski definition) is 1. The van der Waals surface area contributed by atoms with Crippen LogP contribution in [0.25, 0.3) is 21.9 Å². The molecule has 1 amide bonds. The van der Waals surface area contributed by atoms with E-state index in [0.717, 1.165) is 37.7 Å². The van der Waals surface area contributed by atoms with Crippen LogP contribution in [0, 0.1) is 0 Å². The molecular weight excluding hydrogens is 458 g/mol. The highest BCUT2D eigenvalue weighted by molar-refractivity contribution is 9.10. The van der Waals surface area contributed by atoms with Crippen LogP contribution in [0.1, 0.15) is 33.7 Å². The Kier molecular flexibility index (Phi) is 4.04. The number of para-hydroxylation sites is 1. The molecule has 1 atom stereocenters. The third-order valence-electron chi connectivity index (χ3n) is 5.93. The van der Waals surface area contributed by atoms with Crippen LogP contribution in [0.3, 0.4) is 0 Å². The molecule has 0 spiro atoms. The van der Waals surface area contributed by atoms with Gasteiger partial charge in [-0.15, -0.1) is 0 Å². The van der Waals surface area contributed by atoms with Crippen molar-refractivity contribution in [3.8, 4) is 0 Å². The maximum absolute atomic E-state index is 13.9. The Morgan fingerprint density at radius 2 is 2.10 bits per heavy atom. The molecule has 1 aliphatic rings. The topological polar surface area (TPSA) is 80.0 Å². The second-order valence-corrected chi connectivity index (χ2v) is 8.56. The number of aryl methyl sites for hydroxylation is 1. The second-order valence-electron chi connectivity index (χ2n) is 7.71. The summed E-state index contributed by atoms with van der Waals surface area (Å²) in [4.78, 5) is 23.4. The number of nitrogens with one attached hydrogen (secondary N) is 1. The molecule has 3 aromatic heterocycles. The maximum atomic E-state index is 13.9. The average molecular weight is 476 g/mol. The van der Waals surface area contributed by atoms with Gasteiger partial charge in [0.25, 0.3) is 5.91 Å². The number of carbonyl (C=O) groups excluding carboxylic acids is 1. The number of nitrogens with zero attached hydrogens (tertiary/aromatic N) is 4. The number of benzene rings is 2. The van der Waals surface area contributed by atoms with Gasteiger partial charge < -0.3 is 14.3 Å². The first-order chi connectivity index (χ1) is 15.1. The molecule has 4 heterocycles. The fourth-order valence-electron chi connectivity index (χ4n) is 4.48. The first kappa shape index (κ1) is 18.4. The Hall–Kier alpha value is -3.39. The van der Waals surface area contributed by atoms with Gasteiger partial charge in [0, 0.05) is 41.0 Å². The number of imidazole rings is 1. The number of hydrogen-bond acceptors (Lipinski definition) is 4. The molecule has 0 unspecified atom stereocenters. The molecule has 0 saturated carbocycles. The second kappa shape index (κ2) is 6.81. The van der Waals surface area contributed by atoms with Crippen molar-refractivity contribution in [2.75, 3.05) is 6.54 Å². The average Bonchev–Trinajstić information content (AvgIpc) is 3.49. The lowest BCUT2D eigenvalue weighted by atomic mass is 9.99. The lowest BCUT2D eigenvalue weighted by molar-refractivity contribution is 0.0668.